The van der Waals surface area contributed by atoms with Gasteiger partial charge in [0.25, 0.3) is 6.01 Å². The lowest BCUT2D eigenvalue weighted by Gasteiger charge is -1.99. The Morgan fingerprint density at radius 2 is 2.07 bits per heavy atom. The SMILES string of the molecule is COc1ncc(-c2ccc(Cl)c(Cl)c2)[nH]1. The van der Waals surface area contributed by atoms with Crippen molar-refractivity contribution in [1.82, 2.24) is 9.97 Å². The number of nitrogens with one attached hydrogen (secondary N) is 1. The number of benzene rings is 1. The van der Waals surface area contributed by atoms with E-state index < -0.39 is 0 Å². The zero-order chi connectivity index (χ0) is 10.8. The minimum atomic E-state index is 0.469. The molecular weight excluding hydrogens is 235 g/mol. The van der Waals surface area contributed by atoms with E-state index in [-0.39, 0.29) is 0 Å². The van der Waals surface area contributed by atoms with Gasteiger partial charge in [0.15, 0.2) is 0 Å². The van der Waals surface area contributed by atoms with Gasteiger partial charge in [-0.2, -0.15) is 0 Å². The number of rotatable bonds is 2. The van der Waals surface area contributed by atoms with Gasteiger partial charge in [-0.25, -0.2) is 4.98 Å². The van der Waals surface area contributed by atoms with Crippen LogP contribution in [0.3, 0.4) is 0 Å². The molecule has 0 saturated heterocycles. The van der Waals surface area contributed by atoms with Gasteiger partial charge < -0.3 is 9.72 Å². The van der Waals surface area contributed by atoms with E-state index in [0.717, 1.165) is 11.3 Å². The molecule has 0 aliphatic carbocycles. The Hall–Kier alpha value is -1.19. The van der Waals surface area contributed by atoms with Gasteiger partial charge in [-0.3, -0.25) is 0 Å². The van der Waals surface area contributed by atoms with E-state index in [1.54, 1.807) is 25.4 Å². The van der Waals surface area contributed by atoms with Gasteiger partial charge in [0.2, 0.25) is 0 Å². The van der Waals surface area contributed by atoms with Crippen molar-refractivity contribution >= 4 is 23.2 Å². The molecule has 1 N–H and O–H groups in total. The molecule has 0 radical (unpaired) electrons. The molecule has 1 heterocycles. The number of H-pyrrole nitrogens is 1. The zero-order valence-electron chi connectivity index (χ0n) is 7.92. The molecule has 0 aliphatic heterocycles. The molecule has 15 heavy (non-hydrogen) atoms. The average molecular weight is 243 g/mol. The van der Waals surface area contributed by atoms with E-state index in [2.05, 4.69) is 9.97 Å². The van der Waals surface area contributed by atoms with Gasteiger partial charge >= 0.3 is 0 Å². The number of aromatic nitrogens is 2. The number of halogens is 2. The Balaban J connectivity index is 2.40. The highest BCUT2D eigenvalue weighted by Crippen LogP contribution is 2.28. The summed E-state index contributed by atoms with van der Waals surface area (Å²) in [5.74, 6) is 0. The van der Waals surface area contributed by atoms with Crippen LogP contribution in [0.25, 0.3) is 11.3 Å². The summed E-state index contributed by atoms with van der Waals surface area (Å²) in [6, 6.07) is 5.85. The first-order chi connectivity index (χ1) is 7.20. The van der Waals surface area contributed by atoms with Crippen molar-refractivity contribution in [1.29, 1.82) is 0 Å². The summed E-state index contributed by atoms with van der Waals surface area (Å²) < 4.78 is 4.94. The van der Waals surface area contributed by atoms with Gasteiger partial charge in [-0.05, 0) is 12.1 Å². The molecule has 78 valence electrons. The summed E-state index contributed by atoms with van der Waals surface area (Å²) >= 11 is 11.7. The average Bonchev–Trinajstić information content (AvgIpc) is 2.70. The lowest BCUT2D eigenvalue weighted by Crippen LogP contribution is -1.83. The maximum Gasteiger partial charge on any atom is 0.293 e. The predicted molar refractivity (Wildman–Crippen MR) is 60.6 cm³/mol. The number of aromatic amines is 1. The fourth-order valence-corrected chi connectivity index (χ4v) is 1.52. The molecule has 0 fully saturated rings. The topological polar surface area (TPSA) is 37.9 Å². The minimum absolute atomic E-state index is 0.469. The van der Waals surface area contributed by atoms with Gasteiger partial charge in [0.05, 0.1) is 29.0 Å². The monoisotopic (exact) mass is 242 g/mol. The number of hydrogen-bond acceptors (Lipinski definition) is 2. The van der Waals surface area contributed by atoms with E-state index in [1.807, 2.05) is 6.07 Å². The number of imidazole rings is 1. The molecule has 0 atom stereocenters. The molecule has 3 nitrogen and oxygen atoms in total. The van der Waals surface area contributed by atoms with Crippen molar-refractivity contribution in [2.75, 3.05) is 7.11 Å². The normalized spacial score (nSPS) is 10.3. The highest BCUT2D eigenvalue weighted by Gasteiger charge is 2.05. The number of methoxy groups -OCH3 is 1. The van der Waals surface area contributed by atoms with E-state index >= 15 is 0 Å². The lowest BCUT2D eigenvalue weighted by molar-refractivity contribution is 0.384. The van der Waals surface area contributed by atoms with Crippen molar-refractivity contribution in [2.24, 2.45) is 0 Å². The van der Waals surface area contributed by atoms with E-state index in [4.69, 9.17) is 27.9 Å². The van der Waals surface area contributed by atoms with Crippen molar-refractivity contribution < 1.29 is 4.74 Å². The molecule has 2 aromatic rings. The number of hydrogen-bond donors (Lipinski definition) is 1. The van der Waals surface area contributed by atoms with Crippen LogP contribution in [0.2, 0.25) is 10.0 Å². The highest BCUT2D eigenvalue weighted by atomic mass is 35.5. The van der Waals surface area contributed by atoms with Crippen LogP contribution in [0.1, 0.15) is 0 Å². The van der Waals surface area contributed by atoms with Crippen LogP contribution in [0.15, 0.2) is 24.4 Å². The Morgan fingerprint density at radius 1 is 1.27 bits per heavy atom. The summed E-state index contributed by atoms with van der Waals surface area (Å²) in [7, 11) is 1.55. The Kier molecular flexibility index (Phi) is 2.84. The van der Waals surface area contributed by atoms with E-state index in [0.29, 0.717) is 16.1 Å². The fraction of sp³-hybridized carbons (Fsp3) is 0.100. The smallest absolute Gasteiger partial charge is 0.293 e. The van der Waals surface area contributed by atoms with Crippen LogP contribution in [0, 0.1) is 0 Å². The molecule has 1 aromatic carbocycles. The highest BCUT2D eigenvalue weighted by molar-refractivity contribution is 6.42. The summed E-state index contributed by atoms with van der Waals surface area (Å²) in [4.78, 5) is 7.00. The first-order valence-electron chi connectivity index (χ1n) is 4.25. The molecule has 0 amide bonds. The molecule has 0 spiro atoms. The first-order valence-corrected chi connectivity index (χ1v) is 5.00. The second-order valence-corrected chi connectivity index (χ2v) is 3.75. The van der Waals surface area contributed by atoms with Crippen LogP contribution in [0.5, 0.6) is 6.01 Å². The molecule has 1 aromatic heterocycles. The molecule has 0 aliphatic rings. The molecule has 5 heteroatoms. The van der Waals surface area contributed by atoms with Gasteiger partial charge in [0.1, 0.15) is 0 Å². The minimum Gasteiger partial charge on any atom is -0.468 e. The van der Waals surface area contributed by atoms with Crippen molar-refractivity contribution in [3.05, 3.63) is 34.4 Å². The van der Waals surface area contributed by atoms with Gasteiger partial charge in [-0.1, -0.05) is 29.3 Å². The maximum absolute atomic E-state index is 5.91. The summed E-state index contributed by atoms with van der Waals surface area (Å²) in [5.41, 5.74) is 1.76. The molecule has 2 rings (SSSR count). The second-order valence-electron chi connectivity index (χ2n) is 2.94. The molecular formula is C10H8Cl2N2O. The van der Waals surface area contributed by atoms with Crippen molar-refractivity contribution in [3.8, 4) is 17.3 Å². The van der Waals surface area contributed by atoms with Crippen LogP contribution in [-0.2, 0) is 0 Å². The van der Waals surface area contributed by atoms with Gasteiger partial charge in [0, 0.05) is 5.56 Å². The Bertz CT molecular complexity index is 482. The Morgan fingerprint density at radius 3 is 2.67 bits per heavy atom. The number of nitrogens with zero attached hydrogens (tertiary/aromatic N) is 1. The largest absolute Gasteiger partial charge is 0.468 e. The lowest BCUT2D eigenvalue weighted by atomic mass is 10.2. The molecule has 0 saturated carbocycles. The maximum atomic E-state index is 5.91. The first kappa shape index (κ1) is 10.3. The fourth-order valence-electron chi connectivity index (χ4n) is 1.22. The summed E-state index contributed by atoms with van der Waals surface area (Å²) in [6.07, 6.45) is 1.68. The van der Waals surface area contributed by atoms with E-state index in [9.17, 15) is 0 Å². The second kappa shape index (κ2) is 4.13. The third kappa shape index (κ3) is 2.08. The quantitative estimate of drug-likeness (QED) is 0.877. The molecule has 0 bridgehead atoms. The van der Waals surface area contributed by atoms with Crippen LogP contribution >= 0.6 is 23.2 Å². The zero-order valence-corrected chi connectivity index (χ0v) is 9.43. The standard InChI is InChI=1S/C10H8Cl2N2O/c1-15-10-13-5-9(14-10)6-2-3-7(11)8(12)4-6/h2-5H,1H3,(H,13,14). The third-order valence-electron chi connectivity index (χ3n) is 1.98. The predicted octanol–water partition coefficient (Wildman–Crippen LogP) is 3.39. The van der Waals surface area contributed by atoms with Crippen LogP contribution in [0.4, 0.5) is 0 Å². The summed E-state index contributed by atoms with van der Waals surface area (Å²) in [5, 5.41) is 1.05. The van der Waals surface area contributed by atoms with E-state index in [1.165, 1.54) is 0 Å². The van der Waals surface area contributed by atoms with Crippen molar-refractivity contribution in [3.63, 3.8) is 0 Å². The molecule has 0 unspecified atom stereocenters. The number of ether oxygens (including phenoxy) is 1. The third-order valence-corrected chi connectivity index (χ3v) is 2.72. The van der Waals surface area contributed by atoms with Crippen LogP contribution < -0.4 is 4.74 Å². The van der Waals surface area contributed by atoms with Crippen LogP contribution in [-0.4, -0.2) is 17.1 Å². The Labute approximate surface area is 97.0 Å². The van der Waals surface area contributed by atoms with Crippen molar-refractivity contribution in [2.45, 2.75) is 0 Å². The summed E-state index contributed by atoms with van der Waals surface area (Å²) in [6.45, 7) is 0. The van der Waals surface area contributed by atoms with Gasteiger partial charge in [-0.15, -0.1) is 0 Å².